The predicted molar refractivity (Wildman–Crippen MR) is 110 cm³/mol. The molecule has 0 unspecified atom stereocenters. The quantitative estimate of drug-likeness (QED) is 0.525. The molecule has 2 aromatic carbocycles. The van der Waals surface area contributed by atoms with Crippen molar-refractivity contribution in [3.63, 3.8) is 0 Å². The topological polar surface area (TPSA) is 83.4 Å². The van der Waals surface area contributed by atoms with Crippen molar-refractivity contribution in [3.05, 3.63) is 82.2 Å². The lowest BCUT2D eigenvalue weighted by Crippen LogP contribution is -2.24. The van der Waals surface area contributed by atoms with Gasteiger partial charge in [-0.15, -0.1) is 0 Å². The number of carbonyl (C=O) groups is 2. The van der Waals surface area contributed by atoms with E-state index in [0.717, 1.165) is 0 Å². The van der Waals surface area contributed by atoms with Gasteiger partial charge in [0, 0.05) is 11.3 Å². The van der Waals surface area contributed by atoms with Crippen LogP contribution in [0.4, 0.5) is 11.4 Å². The number of amides is 2. The zero-order valence-electron chi connectivity index (χ0n) is 14.7. The van der Waals surface area contributed by atoms with Crippen LogP contribution in [0.3, 0.4) is 0 Å². The van der Waals surface area contributed by atoms with Crippen molar-refractivity contribution in [2.75, 3.05) is 17.2 Å². The number of nitrogens with one attached hydrogen (secondary N) is 3. The third-order valence-electron chi connectivity index (χ3n) is 3.80. The number of benzene rings is 2. The van der Waals surface area contributed by atoms with Crippen LogP contribution in [-0.2, 0) is 11.3 Å². The fraction of sp³-hybridized carbons (Fsp3) is 0.100. The molecular formula is C20H17Cl2N3O3. The van der Waals surface area contributed by atoms with E-state index in [-0.39, 0.29) is 24.9 Å². The van der Waals surface area contributed by atoms with E-state index in [0.29, 0.717) is 32.7 Å². The Morgan fingerprint density at radius 1 is 1.00 bits per heavy atom. The Balaban J connectivity index is 1.55. The van der Waals surface area contributed by atoms with Gasteiger partial charge in [0.25, 0.3) is 5.91 Å². The second-order valence-electron chi connectivity index (χ2n) is 5.85. The highest BCUT2D eigenvalue weighted by atomic mass is 35.5. The lowest BCUT2D eigenvalue weighted by atomic mass is 10.2. The number of hydrogen-bond acceptors (Lipinski definition) is 4. The van der Waals surface area contributed by atoms with E-state index in [1.807, 2.05) is 0 Å². The minimum Gasteiger partial charge on any atom is -0.467 e. The zero-order chi connectivity index (χ0) is 19.9. The Bertz CT molecular complexity index is 975. The predicted octanol–water partition coefficient (Wildman–Crippen LogP) is 4.57. The maximum Gasteiger partial charge on any atom is 0.251 e. The summed E-state index contributed by atoms with van der Waals surface area (Å²) in [5, 5.41) is 9.18. The highest BCUT2D eigenvalue weighted by molar-refractivity contribution is 6.43. The number of furan rings is 1. The molecule has 0 spiro atoms. The van der Waals surface area contributed by atoms with Crippen LogP contribution in [0.15, 0.2) is 65.3 Å². The summed E-state index contributed by atoms with van der Waals surface area (Å²) in [6, 6.07) is 15.3. The van der Waals surface area contributed by atoms with Crippen molar-refractivity contribution in [2.45, 2.75) is 6.54 Å². The molecule has 0 aliphatic carbocycles. The minimum atomic E-state index is -0.288. The molecule has 3 aromatic rings. The Morgan fingerprint density at radius 3 is 2.61 bits per heavy atom. The molecule has 3 N–H and O–H groups in total. The van der Waals surface area contributed by atoms with Crippen LogP contribution >= 0.6 is 23.2 Å². The van der Waals surface area contributed by atoms with Crippen LogP contribution < -0.4 is 16.0 Å². The summed E-state index contributed by atoms with van der Waals surface area (Å²) in [4.78, 5) is 24.4. The van der Waals surface area contributed by atoms with Gasteiger partial charge in [-0.25, -0.2) is 0 Å². The molecule has 8 heteroatoms. The Labute approximate surface area is 171 Å². The molecule has 1 heterocycles. The molecule has 1 aromatic heterocycles. The van der Waals surface area contributed by atoms with Gasteiger partial charge >= 0.3 is 0 Å². The lowest BCUT2D eigenvalue weighted by Gasteiger charge is -2.11. The fourth-order valence-electron chi connectivity index (χ4n) is 2.44. The molecule has 28 heavy (non-hydrogen) atoms. The van der Waals surface area contributed by atoms with Gasteiger partial charge in [0.05, 0.1) is 35.1 Å². The van der Waals surface area contributed by atoms with Crippen LogP contribution in [-0.4, -0.2) is 18.4 Å². The Morgan fingerprint density at radius 2 is 1.82 bits per heavy atom. The molecule has 3 rings (SSSR count). The lowest BCUT2D eigenvalue weighted by molar-refractivity contribution is -0.114. The van der Waals surface area contributed by atoms with Gasteiger partial charge < -0.3 is 20.4 Å². The number of anilines is 2. The molecule has 0 aliphatic heterocycles. The van der Waals surface area contributed by atoms with E-state index >= 15 is 0 Å². The van der Waals surface area contributed by atoms with Gasteiger partial charge in [0.15, 0.2) is 0 Å². The van der Waals surface area contributed by atoms with Gasteiger partial charge in [0.2, 0.25) is 5.91 Å². The molecule has 0 bridgehead atoms. The van der Waals surface area contributed by atoms with Gasteiger partial charge in [-0.3, -0.25) is 9.59 Å². The van der Waals surface area contributed by atoms with E-state index in [2.05, 4.69) is 16.0 Å². The maximum absolute atomic E-state index is 12.3. The van der Waals surface area contributed by atoms with Crippen molar-refractivity contribution in [1.29, 1.82) is 0 Å². The van der Waals surface area contributed by atoms with Crippen molar-refractivity contribution in [2.24, 2.45) is 0 Å². The highest BCUT2D eigenvalue weighted by Gasteiger charge is 2.10. The molecular weight excluding hydrogens is 401 g/mol. The molecule has 0 aliphatic rings. The third kappa shape index (κ3) is 5.28. The molecule has 2 amide bonds. The van der Waals surface area contributed by atoms with Crippen LogP contribution in [0, 0.1) is 0 Å². The first-order valence-corrected chi connectivity index (χ1v) is 9.17. The smallest absolute Gasteiger partial charge is 0.251 e. The fourth-order valence-corrected chi connectivity index (χ4v) is 2.81. The van der Waals surface area contributed by atoms with Crippen LogP contribution in [0.5, 0.6) is 0 Å². The van der Waals surface area contributed by atoms with Gasteiger partial charge in [-0.05, 0) is 42.5 Å². The average molecular weight is 418 g/mol. The molecule has 0 radical (unpaired) electrons. The minimum absolute atomic E-state index is 0.00498. The molecule has 144 valence electrons. The normalized spacial score (nSPS) is 10.4. The summed E-state index contributed by atoms with van der Waals surface area (Å²) in [5.41, 5.74) is 1.50. The first-order valence-electron chi connectivity index (χ1n) is 8.41. The summed E-state index contributed by atoms with van der Waals surface area (Å²) >= 11 is 12.0. The first kappa shape index (κ1) is 19.8. The van der Waals surface area contributed by atoms with E-state index in [1.54, 1.807) is 60.9 Å². The highest BCUT2D eigenvalue weighted by Crippen LogP contribution is 2.29. The summed E-state index contributed by atoms with van der Waals surface area (Å²) in [6.07, 6.45) is 1.54. The molecule has 0 saturated heterocycles. The van der Waals surface area contributed by atoms with Crippen LogP contribution in [0.25, 0.3) is 0 Å². The van der Waals surface area contributed by atoms with Crippen LogP contribution in [0.1, 0.15) is 16.1 Å². The maximum atomic E-state index is 12.3. The molecule has 0 atom stereocenters. The molecule has 0 fully saturated rings. The second kappa shape index (κ2) is 9.30. The first-order chi connectivity index (χ1) is 13.5. The summed E-state index contributed by atoms with van der Waals surface area (Å²) in [5.74, 6) is 0.101. The van der Waals surface area contributed by atoms with Crippen LogP contribution in [0.2, 0.25) is 10.0 Å². The number of carbonyl (C=O) groups excluding carboxylic acids is 2. The zero-order valence-corrected chi connectivity index (χ0v) is 16.2. The summed E-state index contributed by atoms with van der Waals surface area (Å²) < 4.78 is 5.18. The van der Waals surface area contributed by atoms with E-state index in [1.165, 1.54) is 0 Å². The second-order valence-corrected chi connectivity index (χ2v) is 6.63. The largest absolute Gasteiger partial charge is 0.467 e. The molecule has 0 saturated carbocycles. The van der Waals surface area contributed by atoms with Crippen molar-refractivity contribution >= 4 is 46.4 Å². The summed E-state index contributed by atoms with van der Waals surface area (Å²) in [7, 11) is 0. The van der Waals surface area contributed by atoms with Gasteiger partial charge in [-0.1, -0.05) is 35.3 Å². The molecule has 6 nitrogen and oxygen atoms in total. The third-order valence-corrected chi connectivity index (χ3v) is 4.62. The van der Waals surface area contributed by atoms with Crippen molar-refractivity contribution in [3.8, 4) is 0 Å². The van der Waals surface area contributed by atoms with E-state index in [9.17, 15) is 9.59 Å². The summed E-state index contributed by atoms with van der Waals surface area (Å²) in [6.45, 7) is 0.279. The average Bonchev–Trinajstić information content (AvgIpc) is 3.21. The standard InChI is InChI=1S/C20H17Cl2N3O3/c21-16-7-2-8-17(19(16)22)23-12-18(26)25-14-5-1-4-13(10-14)20(27)24-11-15-6-3-9-28-15/h1-10,23H,11-12H2,(H,24,27)(H,25,26). The monoisotopic (exact) mass is 417 g/mol. The van der Waals surface area contributed by atoms with Gasteiger partial charge in [-0.2, -0.15) is 0 Å². The van der Waals surface area contributed by atoms with E-state index < -0.39 is 0 Å². The SMILES string of the molecule is O=C(CNc1cccc(Cl)c1Cl)Nc1cccc(C(=O)NCc2ccco2)c1. The Hall–Kier alpha value is -2.96. The number of halogens is 2. The number of rotatable bonds is 7. The van der Waals surface area contributed by atoms with Crippen molar-refractivity contribution in [1.82, 2.24) is 5.32 Å². The number of hydrogen-bond donors (Lipinski definition) is 3. The van der Waals surface area contributed by atoms with E-state index in [4.69, 9.17) is 27.6 Å². The van der Waals surface area contributed by atoms with Gasteiger partial charge in [0.1, 0.15) is 5.76 Å². The Kier molecular flexibility index (Phi) is 6.57. The van der Waals surface area contributed by atoms with Crippen molar-refractivity contribution < 1.29 is 14.0 Å².